The maximum Gasteiger partial charge on any atom is 0.244 e. The number of nitrogens with zero attached hydrogens (tertiary/aromatic N) is 1. The van der Waals surface area contributed by atoms with Crippen molar-refractivity contribution in [1.29, 1.82) is 0 Å². The first-order valence-electron chi connectivity index (χ1n) is 5.05. The smallest absolute Gasteiger partial charge is 0.244 e. The molecular formula is C12H16BrNOSi. The molecule has 0 atom stereocenters. The second-order valence-electron chi connectivity index (χ2n) is 4.39. The van der Waals surface area contributed by atoms with Gasteiger partial charge in [0.15, 0.2) is 5.88 Å². The summed E-state index contributed by atoms with van der Waals surface area (Å²) in [5.74, 6) is 0.481. The molecule has 0 fully saturated rings. The van der Waals surface area contributed by atoms with Crippen LogP contribution in [-0.4, -0.2) is 14.5 Å². The van der Waals surface area contributed by atoms with Crippen molar-refractivity contribution in [1.82, 2.24) is 0 Å². The molecule has 0 aromatic heterocycles. The Balaban J connectivity index is 2.68. The van der Waals surface area contributed by atoms with Gasteiger partial charge in [0.25, 0.3) is 0 Å². The summed E-state index contributed by atoms with van der Waals surface area (Å²) in [6, 6.07) is 7.89. The highest BCUT2D eigenvalue weighted by Crippen LogP contribution is 2.15. The van der Waals surface area contributed by atoms with Gasteiger partial charge in [-0.05, 0) is 32.3 Å². The number of aliphatic imine (C=N–C) groups is 1. The zero-order valence-corrected chi connectivity index (χ0v) is 12.4. The molecule has 0 aliphatic carbocycles. The molecule has 0 heterocycles. The Bertz CT molecular complexity index is 410. The van der Waals surface area contributed by atoms with Gasteiger partial charge >= 0.3 is 0 Å². The fourth-order valence-corrected chi connectivity index (χ4v) is 2.25. The van der Waals surface area contributed by atoms with E-state index in [9.17, 15) is 0 Å². The average Bonchev–Trinajstić information content (AvgIpc) is 2.14. The van der Waals surface area contributed by atoms with Gasteiger partial charge in [0.2, 0.25) is 8.32 Å². The third-order valence-electron chi connectivity index (χ3n) is 1.68. The third-order valence-corrected chi connectivity index (χ3v) is 3.25. The van der Waals surface area contributed by atoms with E-state index in [2.05, 4.69) is 47.1 Å². The molecule has 0 saturated carbocycles. The number of halogens is 1. The van der Waals surface area contributed by atoms with Crippen LogP contribution in [0.2, 0.25) is 19.6 Å². The van der Waals surface area contributed by atoms with Gasteiger partial charge in [-0.25, -0.2) is 4.99 Å². The minimum atomic E-state index is -1.60. The molecule has 0 amide bonds. The molecule has 0 aliphatic heterocycles. The summed E-state index contributed by atoms with van der Waals surface area (Å²) in [5, 5.41) is 0. The van der Waals surface area contributed by atoms with Crippen LogP contribution >= 0.6 is 15.9 Å². The first-order chi connectivity index (χ1) is 7.38. The molecule has 1 rings (SSSR count). The van der Waals surface area contributed by atoms with Crippen LogP contribution in [0.5, 0.6) is 0 Å². The van der Waals surface area contributed by atoms with E-state index in [1.165, 1.54) is 0 Å². The Hall–Kier alpha value is -0.873. The molecule has 4 heteroatoms. The standard InChI is InChI=1S/C12H16BrNOSi/c1-10(15-16(2,3)4)14-9-11-7-5-6-8-12(11)13/h5-9H,1H2,2-4H3/b14-9+. The number of hydrogen-bond acceptors (Lipinski definition) is 2. The van der Waals surface area contributed by atoms with Gasteiger partial charge in [0.05, 0.1) is 0 Å². The largest absolute Gasteiger partial charge is 0.532 e. The molecule has 86 valence electrons. The van der Waals surface area contributed by atoms with Crippen LogP contribution < -0.4 is 0 Å². The lowest BCUT2D eigenvalue weighted by atomic mass is 10.2. The van der Waals surface area contributed by atoms with Crippen LogP contribution in [-0.2, 0) is 4.43 Å². The molecule has 16 heavy (non-hydrogen) atoms. The highest BCUT2D eigenvalue weighted by molar-refractivity contribution is 9.10. The van der Waals surface area contributed by atoms with E-state index in [1.807, 2.05) is 24.3 Å². The van der Waals surface area contributed by atoms with Crippen molar-refractivity contribution < 1.29 is 4.43 Å². The molecule has 0 bridgehead atoms. The summed E-state index contributed by atoms with van der Waals surface area (Å²) in [6.45, 7) is 10.1. The lowest BCUT2D eigenvalue weighted by Crippen LogP contribution is -2.24. The van der Waals surface area contributed by atoms with Gasteiger partial charge in [-0.15, -0.1) is 0 Å². The lowest BCUT2D eigenvalue weighted by molar-refractivity contribution is 0.421. The van der Waals surface area contributed by atoms with E-state index in [-0.39, 0.29) is 0 Å². The predicted octanol–water partition coefficient (Wildman–Crippen LogP) is 4.19. The summed E-state index contributed by atoms with van der Waals surface area (Å²) in [6.07, 6.45) is 1.76. The zero-order chi connectivity index (χ0) is 12.2. The molecule has 0 aliphatic rings. The second kappa shape index (κ2) is 5.45. The quantitative estimate of drug-likeness (QED) is 0.464. The molecule has 0 spiro atoms. The second-order valence-corrected chi connectivity index (χ2v) is 9.67. The van der Waals surface area contributed by atoms with E-state index < -0.39 is 8.32 Å². The van der Waals surface area contributed by atoms with Gasteiger partial charge in [0.1, 0.15) is 0 Å². The highest BCUT2D eigenvalue weighted by Gasteiger charge is 2.16. The van der Waals surface area contributed by atoms with Gasteiger partial charge in [-0.2, -0.15) is 0 Å². The minimum absolute atomic E-state index is 0.481. The van der Waals surface area contributed by atoms with Crippen LogP contribution in [0, 0.1) is 0 Å². The number of hydrogen-bond donors (Lipinski definition) is 0. The first-order valence-corrected chi connectivity index (χ1v) is 9.25. The highest BCUT2D eigenvalue weighted by atomic mass is 79.9. The van der Waals surface area contributed by atoms with Crippen molar-refractivity contribution in [3.05, 3.63) is 46.8 Å². The third kappa shape index (κ3) is 4.77. The Morgan fingerprint density at radius 2 is 2.00 bits per heavy atom. The summed E-state index contributed by atoms with van der Waals surface area (Å²) in [5.41, 5.74) is 1.02. The topological polar surface area (TPSA) is 21.6 Å². The van der Waals surface area contributed by atoms with Gasteiger partial charge in [-0.1, -0.05) is 34.1 Å². The maximum absolute atomic E-state index is 5.63. The predicted molar refractivity (Wildman–Crippen MR) is 75.3 cm³/mol. The summed E-state index contributed by atoms with van der Waals surface area (Å²) >= 11 is 3.45. The Labute approximate surface area is 106 Å². The van der Waals surface area contributed by atoms with Crippen molar-refractivity contribution in [2.45, 2.75) is 19.6 Å². The van der Waals surface area contributed by atoms with Gasteiger partial charge in [-0.3, -0.25) is 0 Å². The van der Waals surface area contributed by atoms with Crippen LogP contribution in [0.4, 0.5) is 0 Å². The summed E-state index contributed by atoms with van der Waals surface area (Å²) < 4.78 is 6.64. The van der Waals surface area contributed by atoms with E-state index in [1.54, 1.807) is 6.21 Å². The molecule has 0 radical (unpaired) electrons. The van der Waals surface area contributed by atoms with Crippen LogP contribution in [0.1, 0.15) is 5.56 Å². The number of benzene rings is 1. The fourth-order valence-electron chi connectivity index (χ4n) is 1.10. The van der Waals surface area contributed by atoms with E-state index in [0.29, 0.717) is 5.88 Å². The van der Waals surface area contributed by atoms with Crippen molar-refractivity contribution in [3.8, 4) is 0 Å². The minimum Gasteiger partial charge on any atom is -0.532 e. The zero-order valence-electron chi connectivity index (χ0n) is 9.83. The Kier molecular flexibility index (Phi) is 4.50. The van der Waals surface area contributed by atoms with Crippen molar-refractivity contribution >= 4 is 30.5 Å². The summed E-state index contributed by atoms with van der Waals surface area (Å²) in [7, 11) is -1.60. The normalized spacial score (nSPS) is 11.8. The average molecular weight is 298 g/mol. The molecular weight excluding hydrogens is 282 g/mol. The first kappa shape index (κ1) is 13.2. The maximum atomic E-state index is 5.63. The van der Waals surface area contributed by atoms with E-state index >= 15 is 0 Å². The summed E-state index contributed by atoms with van der Waals surface area (Å²) in [4.78, 5) is 4.20. The van der Waals surface area contributed by atoms with Crippen molar-refractivity contribution in [2.24, 2.45) is 4.99 Å². The van der Waals surface area contributed by atoms with Gasteiger partial charge < -0.3 is 4.43 Å². The van der Waals surface area contributed by atoms with E-state index in [0.717, 1.165) is 10.0 Å². The van der Waals surface area contributed by atoms with E-state index in [4.69, 9.17) is 4.43 Å². The van der Waals surface area contributed by atoms with Gasteiger partial charge in [0, 0.05) is 16.3 Å². The molecule has 1 aromatic carbocycles. The molecule has 0 unspecified atom stereocenters. The van der Waals surface area contributed by atoms with Crippen molar-refractivity contribution in [2.75, 3.05) is 0 Å². The molecule has 0 N–H and O–H groups in total. The Morgan fingerprint density at radius 3 is 2.56 bits per heavy atom. The van der Waals surface area contributed by atoms with Crippen LogP contribution in [0.25, 0.3) is 0 Å². The molecule has 0 saturated heterocycles. The number of rotatable bonds is 4. The van der Waals surface area contributed by atoms with Crippen molar-refractivity contribution in [3.63, 3.8) is 0 Å². The van der Waals surface area contributed by atoms with Crippen LogP contribution in [0.3, 0.4) is 0 Å². The Morgan fingerprint density at radius 1 is 1.38 bits per heavy atom. The lowest BCUT2D eigenvalue weighted by Gasteiger charge is -2.17. The fraction of sp³-hybridized carbons (Fsp3) is 0.250. The monoisotopic (exact) mass is 297 g/mol. The van der Waals surface area contributed by atoms with Crippen LogP contribution in [0.15, 0.2) is 46.2 Å². The molecule has 1 aromatic rings. The molecule has 2 nitrogen and oxygen atoms in total. The SMILES string of the molecule is C=C(/N=C/c1ccccc1Br)O[Si](C)(C)C.